The first kappa shape index (κ1) is 19.9. The van der Waals surface area contributed by atoms with E-state index in [4.69, 9.17) is 5.73 Å². The number of hydrogen-bond acceptors (Lipinski definition) is 3. The summed E-state index contributed by atoms with van der Waals surface area (Å²) < 4.78 is 39.5. The van der Waals surface area contributed by atoms with Crippen LogP contribution < -0.4 is 16.0 Å². The van der Waals surface area contributed by atoms with Crippen LogP contribution in [0.2, 0.25) is 0 Å². The summed E-state index contributed by atoms with van der Waals surface area (Å²) in [5.41, 5.74) is 5.31. The predicted molar refractivity (Wildman–Crippen MR) is 105 cm³/mol. The van der Waals surface area contributed by atoms with E-state index in [9.17, 15) is 22.8 Å². The number of amides is 2. The Morgan fingerprint density at radius 2 is 1.34 bits per heavy atom. The minimum atomic E-state index is -4.68. The van der Waals surface area contributed by atoms with Crippen molar-refractivity contribution in [2.24, 2.45) is 0 Å². The van der Waals surface area contributed by atoms with Crippen molar-refractivity contribution >= 4 is 34.6 Å². The fourth-order valence-electron chi connectivity index (χ4n) is 2.70. The average Bonchev–Trinajstić information content (AvgIpc) is 2.70. The summed E-state index contributed by atoms with van der Waals surface area (Å²) in [6.45, 7) is 0. The third kappa shape index (κ3) is 4.55. The molecule has 0 bridgehead atoms. The number of carbonyl (C=O) groups excluding carboxylic acids is 2. The molecule has 0 spiro atoms. The normalized spacial score (nSPS) is 11.0. The van der Waals surface area contributed by atoms with Crippen LogP contribution in [-0.4, -0.2) is 11.8 Å². The molecule has 0 saturated heterocycles. The van der Waals surface area contributed by atoms with E-state index in [-0.39, 0.29) is 0 Å². The first-order valence-electron chi connectivity index (χ1n) is 8.49. The molecule has 0 atom stereocenters. The molecule has 8 heteroatoms. The molecule has 3 aromatic carbocycles. The molecule has 0 heterocycles. The van der Waals surface area contributed by atoms with Gasteiger partial charge in [0.2, 0.25) is 0 Å². The van der Waals surface area contributed by atoms with Gasteiger partial charge in [-0.25, -0.2) is 0 Å². The molecule has 0 saturated carbocycles. The van der Waals surface area contributed by atoms with Crippen molar-refractivity contribution < 1.29 is 22.8 Å². The van der Waals surface area contributed by atoms with Crippen molar-refractivity contribution in [2.45, 2.75) is 6.18 Å². The summed E-state index contributed by atoms with van der Waals surface area (Å²) >= 11 is 0. The third-order valence-corrected chi connectivity index (χ3v) is 4.04. The number of alkyl halides is 3. The van der Waals surface area contributed by atoms with Gasteiger partial charge in [0.05, 0.1) is 11.3 Å². The van der Waals surface area contributed by atoms with E-state index in [1.165, 1.54) is 24.3 Å². The lowest BCUT2D eigenvalue weighted by atomic mass is 10.1. The molecule has 3 rings (SSSR count). The van der Waals surface area contributed by atoms with Crippen molar-refractivity contribution in [3.63, 3.8) is 0 Å². The summed E-state index contributed by atoms with van der Waals surface area (Å²) in [5, 5.41) is 2.07. The van der Waals surface area contributed by atoms with Gasteiger partial charge in [-0.3, -0.25) is 14.5 Å². The van der Waals surface area contributed by atoms with Crippen LogP contribution in [0.15, 0.2) is 78.9 Å². The van der Waals surface area contributed by atoms with Crippen LogP contribution in [0.5, 0.6) is 0 Å². The van der Waals surface area contributed by atoms with Gasteiger partial charge >= 0.3 is 18.0 Å². The fourth-order valence-corrected chi connectivity index (χ4v) is 2.70. The second-order valence-corrected chi connectivity index (χ2v) is 6.07. The lowest BCUT2D eigenvalue weighted by Gasteiger charge is -2.23. The highest BCUT2D eigenvalue weighted by molar-refractivity contribution is 6.45. The van der Waals surface area contributed by atoms with E-state index in [1.807, 2.05) is 0 Å². The Balaban J connectivity index is 1.95. The van der Waals surface area contributed by atoms with Gasteiger partial charge in [-0.2, -0.15) is 13.2 Å². The molecule has 29 heavy (non-hydrogen) atoms. The Morgan fingerprint density at radius 3 is 1.97 bits per heavy atom. The minimum Gasteiger partial charge on any atom is -0.399 e. The molecule has 0 unspecified atom stereocenters. The molecule has 3 N–H and O–H groups in total. The van der Waals surface area contributed by atoms with E-state index in [0.717, 1.165) is 17.0 Å². The number of nitrogens with zero attached hydrogens (tertiary/aromatic N) is 1. The molecule has 0 aromatic heterocycles. The molecule has 148 valence electrons. The first-order chi connectivity index (χ1) is 13.8. The quantitative estimate of drug-likeness (QED) is 0.500. The van der Waals surface area contributed by atoms with Gasteiger partial charge in [0.1, 0.15) is 0 Å². The highest BCUT2D eigenvalue weighted by Crippen LogP contribution is 2.35. The Kier molecular flexibility index (Phi) is 5.54. The van der Waals surface area contributed by atoms with Gasteiger partial charge in [-0.05, 0) is 48.5 Å². The van der Waals surface area contributed by atoms with E-state index in [0.29, 0.717) is 17.1 Å². The molecule has 3 aromatic rings. The molecule has 0 aliphatic rings. The molecule has 0 radical (unpaired) electrons. The van der Waals surface area contributed by atoms with Crippen molar-refractivity contribution in [1.82, 2.24) is 0 Å². The summed E-state index contributed by atoms with van der Waals surface area (Å²) in [4.78, 5) is 26.6. The highest BCUT2D eigenvalue weighted by atomic mass is 19.4. The number of carbonyl (C=O) groups is 2. The summed E-state index contributed by atoms with van der Waals surface area (Å²) in [7, 11) is 0. The number of benzene rings is 3. The van der Waals surface area contributed by atoms with Gasteiger partial charge in [-0.1, -0.05) is 30.3 Å². The van der Waals surface area contributed by atoms with Crippen molar-refractivity contribution in [3.05, 3.63) is 84.4 Å². The Hall–Kier alpha value is -3.81. The molecular formula is C21H16F3N3O2. The lowest BCUT2D eigenvalue weighted by Crippen LogP contribution is -2.37. The minimum absolute atomic E-state index is 0.342. The van der Waals surface area contributed by atoms with Gasteiger partial charge in [0, 0.05) is 17.1 Å². The van der Waals surface area contributed by atoms with Crippen LogP contribution in [0.4, 0.5) is 35.9 Å². The zero-order valence-corrected chi connectivity index (χ0v) is 15.0. The second kappa shape index (κ2) is 8.05. The van der Waals surface area contributed by atoms with E-state index >= 15 is 0 Å². The van der Waals surface area contributed by atoms with E-state index in [1.54, 1.807) is 42.5 Å². The molecule has 0 fully saturated rings. The Bertz CT molecular complexity index is 1020. The van der Waals surface area contributed by atoms with Crippen LogP contribution >= 0.6 is 0 Å². The van der Waals surface area contributed by atoms with Crippen molar-refractivity contribution in [1.29, 1.82) is 0 Å². The zero-order valence-electron chi connectivity index (χ0n) is 15.0. The summed E-state index contributed by atoms with van der Waals surface area (Å²) in [6, 6.07) is 18.9. The van der Waals surface area contributed by atoms with Gasteiger partial charge in [0.15, 0.2) is 0 Å². The molecule has 2 amide bonds. The maximum Gasteiger partial charge on any atom is 0.418 e. The van der Waals surface area contributed by atoms with Crippen LogP contribution in [0.1, 0.15) is 5.56 Å². The number of rotatable bonds is 3. The average molecular weight is 399 g/mol. The topological polar surface area (TPSA) is 75.4 Å². The van der Waals surface area contributed by atoms with Crippen molar-refractivity contribution in [3.8, 4) is 0 Å². The summed E-state index contributed by atoms with van der Waals surface area (Å²) in [5.74, 6) is -2.25. The maximum absolute atomic E-state index is 13.2. The monoisotopic (exact) mass is 399 g/mol. The molecular weight excluding hydrogens is 383 g/mol. The zero-order chi connectivity index (χ0) is 21.0. The maximum atomic E-state index is 13.2. The van der Waals surface area contributed by atoms with E-state index in [2.05, 4.69) is 5.32 Å². The van der Waals surface area contributed by atoms with Gasteiger partial charge in [0.25, 0.3) is 0 Å². The number of nitrogens with two attached hydrogens (primary N) is 1. The smallest absolute Gasteiger partial charge is 0.399 e. The first-order valence-corrected chi connectivity index (χ1v) is 8.49. The van der Waals surface area contributed by atoms with Crippen LogP contribution in [0.25, 0.3) is 0 Å². The fraction of sp³-hybridized carbons (Fsp3) is 0.0476. The second-order valence-electron chi connectivity index (χ2n) is 6.07. The van der Waals surface area contributed by atoms with Gasteiger partial charge in [-0.15, -0.1) is 0 Å². The number of para-hydroxylation sites is 2. The van der Waals surface area contributed by atoms with Crippen molar-refractivity contribution in [2.75, 3.05) is 16.0 Å². The van der Waals surface area contributed by atoms with Crippen LogP contribution in [0, 0.1) is 0 Å². The Labute approximate surface area is 164 Å². The number of nitrogens with one attached hydrogen (secondary N) is 1. The predicted octanol–water partition coefficient (Wildman–Crippen LogP) is 4.59. The molecule has 0 aliphatic heterocycles. The van der Waals surface area contributed by atoms with Crippen LogP contribution in [-0.2, 0) is 15.8 Å². The number of anilines is 4. The molecule has 5 nitrogen and oxygen atoms in total. The van der Waals surface area contributed by atoms with E-state index < -0.39 is 29.2 Å². The lowest BCUT2D eigenvalue weighted by molar-refractivity contribution is -0.137. The highest BCUT2D eigenvalue weighted by Gasteiger charge is 2.34. The Morgan fingerprint density at radius 1 is 0.793 bits per heavy atom. The number of halogens is 3. The van der Waals surface area contributed by atoms with Gasteiger partial charge < -0.3 is 11.1 Å². The SMILES string of the molecule is Nc1ccc(N(C(=O)C(=O)Nc2ccccc2C(F)(F)F)c2ccccc2)cc1. The standard InChI is InChI=1S/C21H16F3N3O2/c22-21(23,24)17-8-4-5-9-18(17)26-19(28)20(29)27(15-6-2-1-3-7-15)16-12-10-14(25)11-13-16/h1-13H,25H2,(H,26,28). The molecule has 0 aliphatic carbocycles. The number of hydrogen-bond donors (Lipinski definition) is 2. The van der Waals surface area contributed by atoms with Crippen LogP contribution in [0.3, 0.4) is 0 Å². The number of nitrogen functional groups attached to an aromatic ring is 1. The summed E-state index contributed by atoms with van der Waals surface area (Å²) in [6.07, 6.45) is -4.68. The third-order valence-electron chi connectivity index (χ3n) is 4.04. The largest absolute Gasteiger partial charge is 0.418 e.